The normalized spacial score (nSPS) is 10.8. The Balaban J connectivity index is 0. The zero-order valence-corrected chi connectivity index (χ0v) is 12.3. The maximum absolute atomic E-state index is 8.27. The number of hydrogen-bond donors (Lipinski definition) is 3. The summed E-state index contributed by atoms with van der Waals surface area (Å²) in [5, 5.41) is 0. The van der Waals surface area contributed by atoms with Crippen LogP contribution in [0.1, 0.15) is 19.8 Å². The van der Waals surface area contributed by atoms with E-state index in [2.05, 4.69) is 4.43 Å². The first-order chi connectivity index (χ1) is 4.06. The van der Waals surface area contributed by atoms with E-state index in [1.54, 1.807) is 0 Å². The molecule has 0 rings (SSSR count). The predicted octanol–water partition coefficient (Wildman–Crippen LogP) is -1.17. The molecule has 0 fully saturated rings. The van der Waals surface area contributed by atoms with E-state index in [1.165, 1.54) is 0 Å². The van der Waals surface area contributed by atoms with Crippen LogP contribution in [0, 0.1) is 0 Å². The minimum atomic E-state index is -4.19. The van der Waals surface area contributed by atoms with Gasteiger partial charge in [0, 0.05) is 64.8 Å². The first kappa shape index (κ1) is 14.4. The molecule has 0 amide bonds. The van der Waals surface area contributed by atoms with Gasteiger partial charge in [0.2, 0.25) is 0 Å². The predicted molar refractivity (Wildman–Crippen MR) is 39.0 cm³/mol. The Bertz CT molecular complexity index is 74.1. The maximum Gasteiger partial charge on any atom is 0.671 e. The zero-order valence-electron chi connectivity index (χ0n) is 6.37. The Morgan fingerprint density at radius 1 is 1.30 bits per heavy atom. The van der Waals surface area contributed by atoms with Crippen LogP contribution in [0.5, 0.6) is 0 Å². The summed E-state index contributed by atoms with van der Waals surface area (Å²) < 4.78 is 4.28. The Labute approximate surface area is 110 Å². The van der Waals surface area contributed by atoms with Crippen molar-refractivity contribution in [1.29, 1.82) is 0 Å². The van der Waals surface area contributed by atoms with E-state index in [0.29, 0.717) is 0 Å². The van der Waals surface area contributed by atoms with E-state index >= 15 is 0 Å². The van der Waals surface area contributed by atoms with E-state index in [9.17, 15) is 0 Å². The molecule has 0 aliphatic carbocycles. The average molecular weight is 238 g/mol. The van der Waals surface area contributed by atoms with Gasteiger partial charge in [0.05, 0.1) is 0 Å². The second-order valence-electron chi connectivity index (χ2n) is 1.78. The van der Waals surface area contributed by atoms with Crippen molar-refractivity contribution in [3.05, 3.63) is 0 Å². The summed E-state index contributed by atoms with van der Waals surface area (Å²) in [5.74, 6) is 0. The molecule has 10 heavy (non-hydrogen) atoms. The third-order valence-corrected chi connectivity index (χ3v) is 1.39. The van der Waals surface area contributed by atoms with Gasteiger partial charge in [-0.25, -0.2) is 0 Å². The van der Waals surface area contributed by atoms with Crippen LogP contribution in [0.2, 0.25) is 0 Å². The SMILES string of the molecule is CCCCO[Si](O)(O)O.[Rb]. The molecule has 0 aliphatic heterocycles. The molecule has 0 heterocycles. The third kappa shape index (κ3) is 12.5. The second kappa shape index (κ2) is 7.51. The molecule has 6 heteroatoms. The van der Waals surface area contributed by atoms with Gasteiger partial charge < -0.3 is 18.8 Å². The summed E-state index contributed by atoms with van der Waals surface area (Å²) in [4.78, 5) is 24.8. The molecule has 0 aliphatic rings. The average Bonchev–Trinajstić information content (AvgIpc) is 1.63. The molecule has 0 saturated carbocycles. The number of hydrogen-bond acceptors (Lipinski definition) is 4. The molecule has 0 aromatic rings. The van der Waals surface area contributed by atoms with Crippen molar-refractivity contribution in [3.63, 3.8) is 0 Å². The summed E-state index contributed by atoms with van der Waals surface area (Å²) >= 11 is 0. The molecule has 0 unspecified atom stereocenters. The van der Waals surface area contributed by atoms with Gasteiger partial charge in [0.1, 0.15) is 0 Å². The molecule has 57 valence electrons. The fraction of sp³-hybridized carbons (Fsp3) is 1.00. The van der Waals surface area contributed by atoms with Gasteiger partial charge in [0.15, 0.2) is 0 Å². The Hall–Kier alpha value is 1.86. The summed E-state index contributed by atoms with van der Waals surface area (Å²) in [6, 6.07) is 0. The van der Waals surface area contributed by atoms with Gasteiger partial charge in [-0.05, 0) is 6.42 Å². The molecule has 4 nitrogen and oxygen atoms in total. The fourth-order valence-corrected chi connectivity index (χ4v) is 0.772. The monoisotopic (exact) mass is 237 g/mol. The molecule has 3 N–H and O–H groups in total. The quantitative estimate of drug-likeness (QED) is 0.426. The third-order valence-electron chi connectivity index (χ3n) is 0.794. The van der Waals surface area contributed by atoms with Crippen molar-refractivity contribution >= 4 is 67.2 Å². The van der Waals surface area contributed by atoms with Crippen LogP contribution in [0.3, 0.4) is 0 Å². The second-order valence-corrected chi connectivity index (χ2v) is 3.21. The largest absolute Gasteiger partial charge is 0.671 e. The van der Waals surface area contributed by atoms with Crippen molar-refractivity contribution in [2.45, 2.75) is 19.8 Å². The standard InChI is InChI=1S/C4H12O4Si.Rb/c1-2-3-4-8-9(5,6)7;/h5-7H,2-4H2,1H3;. The van der Waals surface area contributed by atoms with Crippen LogP contribution < -0.4 is 0 Å². The van der Waals surface area contributed by atoms with E-state index in [0.717, 1.165) is 12.8 Å². The Morgan fingerprint density at radius 2 is 1.80 bits per heavy atom. The summed E-state index contributed by atoms with van der Waals surface area (Å²) in [6.45, 7) is 2.16. The van der Waals surface area contributed by atoms with Gasteiger partial charge >= 0.3 is 9.05 Å². The molecular formula is C4H12O4RbSi. The van der Waals surface area contributed by atoms with Crippen molar-refractivity contribution in [3.8, 4) is 0 Å². The molecule has 0 aromatic heterocycles. The van der Waals surface area contributed by atoms with E-state index in [4.69, 9.17) is 14.4 Å². The summed E-state index contributed by atoms with van der Waals surface area (Å²) in [5.41, 5.74) is 0. The minimum absolute atomic E-state index is 0. The maximum atomic E-state index is 8.27. The summed E-state index contributed by atoms with van der Waals surface area (Å²) in [7, 11) is -4.19. The van der Waals surface area contributed by atoms with Crippen LogP contribution in [0.4, 0.5) is 0 Å². The van der Waals surface area contributed by atoms with Gasteiger partial charge in [-0.1, -0.05) is 13.3 Å². The topological polar surface area (TPSA) is 69.9 Å². The first-order valence-electron chi connectivity index (χ1n) is 2.87. The Morgan fingerprint density at radius 3 is 2.10 bits per heavy atom. The fourth-order valence-electron chi connectivity index (χ4n) is 0.353. The van der Waals surface area contributed by atoms with Crippen LogP contribution in [0.15, 0.2) is 0 Å². The molecule has 1 radical (unpaired) electrons. The van der Waals surface area contributed by atoms with Crippen LogP contribution in [-0.2, 0) is 4.43 Å². The molecular weight excluding hydrogens is 226 g/mol. The van der Waals surface area contributed by atoms with Crippen molar-refractivity contribution in [1.82, 2.24) is 0 Å². The van der Waals surface area contributed by atoms with Crippen LogP contribution in [0.25, 0.3) is 0 Å². The Kier molecular flexibility index (Phi) is 10.8. The van der Waals surface area contributed by atoms with Gasteiger partial charge in [-0.3, -0.25) is 0 Å². The van der Waals surface area contributed by atoms with Gasteiger partial charge in [0.25, 0.3) is 0 Å². The van der Waals surface area contributed by atoms with E-state index in [-0.39, 0.29) is 64.8 Å². The molecule has 0 saturated heterocycles. The van der Waals surface area contributed by atoms with Crippen LogP contribution in [-0.4, -0.2) is 88.2 Å². The van der Waals surface area contributed by atoms with Crippen molar-refractivity contribution in [2.24, 2.45) is 0 Å². The van der Waals surface area contributed by atoms with Gasteiger partial charge in [-0.2, -0.15) is 0 Å². The van der Waals surface area contributed by atoms with E-state index < -0.39 is 9.05 Å². The molecule has 0 aromatic carbocycles. The molecule has 0 atom stereocenters. The molecule has 0 spiro atoms. The number of rotatable bonds is 4. The first-order valence-corrected chi connectivity index (χ1v) is 4.62. The smallest absolute Gasteiger partial charge is 0.368 e. The minimum Gasteiger partial charge on any atom is -0.368 e. The molecule has 0 bridgehead atoms. The van der Waals surface area contributed by atoms with Crippen molar-refractivity contribution < 1.29 is 18.8 Å². The summed E-state index contributed by atoms with van der Waals surface area (Å²) in [6.07, 6.45) is 1.64. The van der Waals surface area contributed by atoms with Gasteiger partial charge in [-0.15, -0.1) is 0 Å². The number of unbranched alkanes of at least 4 members (excludes halogenated alkanes) is 1. The van der Waals surface area contributed by atoms with E-state index in [1.807, 2.05) is 6.92 Å². The van der Waals surface area contributed by atoms with Crippen molar-refractivity contribution in [2.75, 3.05) is 6.61 Å². The zero-order chi connectivity index (χ0) is 7.33. The van der Waals surface area contributed by atoms with Crippen LogP contribution >= 0.6 is 0 Å².